The van der Waals surface area contributed by atoms with Crippen molar-refractivity contribution < 1.29 is 34.4 Å². The van der Waals surface area contributed by atoms with E-state index in [1.165, 1.54) is 18.2 Å². The molecule has 16 heteroatoms. The SMILES string of the molecule is CCC(NC(=O)OCc1ccccc1)c1cc(Cl)cc(Cl)c1O.CC[C@H](N)c1cc(Cl)cc(Cl)c1O.CC[C@H](NC(=O)OCc1ccccc1)c1cc(Cl)cc(Cl)c1O. The summed E-state index contributed by atoms with van der Waals surface area (Å²) in [6, 6.07) is 26.8. The first-order chi connectivity index (χ1) is 28.1. The van der Waals surface area contributed by atoms with Gasteiger partial charge in [0, 0.05) is 37.8 Å². The number of amides is 2. The molecule has 0 radical (unpaired) electrons. The van der Waals surface area contributed by atoms with Gasteiger partial charge in [0.05, 0.1) is 27.2 Å². The van der Waals surface area contributed by atoms with Crippen LogP contribution in [0, 0.1) is 0 Å². The summed E-state index contributed by atoms with van der Waals surface area (Å²) < 4.78 is 10.4. The van der Waals surface area contributed by atoms with Gasteiger partial charge >= 0.3 is 12.2 Å². The van der Waals surface area contributed by atoms with Crippen LogP contribution in [0.5, 0.6) is 17.2 Å². The molecule has 0 aliphatic carbocycles. The Labute approximate surface area is 374 Å². The lowest BCUT2D eigenvalue weighted by atomic mass is 10.0. The predicted molar refractivity (Wildman–Crippen MR) is 237 cm³/mol. The van der Waals surface area contributed by atoms with Crippen LogP contribution >= 0.6 is 69.6 Å². The van der Waals surface area contributed by atoms with Crippen molar-refractivity contribution in [2.45, 2.75) is 71.4 Å². The van der Waals surface area contributed by atoms with E-state index >= 15 is 0 Å². The van der Waals surface area contributed by atoms with E-state index in [0.717, 1.165) is 17.5 Å². The lowest BCUT2D eigenvalue weighted by Crippen LogP contribution is -2.28. The number of hydrogen-bond acceptors (Lipinski definition) is 8. The molecule has 0 aromatic heterocycles. The van der Waals surface area contributed by atoms with Crippen molar-refractivity contribution in [2.24, 2.45) is 5.73 Å². The van der Waals surface area contributed by atoms with E-state index in [2.05, 4.69) is 10.6 Å². The second kappa shape index (κ2) is 24.7. The Kier molecular flexibility index (Phi) is 20.6. The fourth-order valence-electron chi connectivity index (χ4n) is 5.41. The molecule has 0 aliphatic rings. The van der Waals surface area contributed by atoms with Crippen LogP contribution in [0.25, 0.3) is 0 Å². The molecule has 0 spiro atoms. The van der Waals surface area contributed by atoms with E-state index in [1.807, 2.05) is 81.4 Å². The van der Waals surface area contributed by atoms with Gasteiger partial charge in [-0.15, -0.1) is 0 Å². The predicted octanol–water partition coefficient (Wildman–Crippen LogP) is 13.3. The van der Waals surface area contributed by atoms with Crippen molar-refractivity contribution in [3.05, 3.63) is 155 Å². The van der Waals surface area contributed by atoms with Gasteiger partial charge in [-0.25, -0.2) is 9.59 Å². The maximum absolute atomic E-state index is 12.0. The molecular weight excluding hydrogens is 883 g/mol. The van der Waals surface area contributed by atoms with Gasteiger partial charge in [0.15, 0.2) is 0 Å². The zero-order valence-corrected chi connectivity index (χ0v) is 36.9. The number of hydrogen-bond donors (Lipinski definition) is 6. The Hall–Kier alpha value is -4.26. The lowest BCUT2D eigenvalue weighted by molar-refractivity contribution is 0.134. The van der Waals surface area contributed by atoms with E-state index in [4.69, 9.17) is 84.8 Å². The van der Waals surface area contributed by atoms with E-state index in [0.29, 0.717) is 44.6 Å². The lowest BCUT2D eigenvalue weighted by Gasteiger charge is -2.19. The van der Waals surface area contributed by atoms with E-state index in [9.17, 15) is 24.9 Å². The summed E-state index contributed by atoms with van der Waals surface area (Å²) in [7, 11) is 0. The van der Waals surface area contributed by atoms with Gasteiger partial charge in [-0.1, -0.05) is 151 Å². The van der Waals surface area contributed by atoms with Crippen LogP contribution in [-0.4, -0.2) is 27.5 Å². The van der Waals surface area contributed by atoms with Crippen LogP contribution in [0.15, 0.2) is 97.1 Å². The Morgan fingerprint density at radius 3 is 1.19 bits per heavy atom. The highest BCUT2D eigenvalue weighted by atomic mass is 35.5. The number of halogens is 6. The smallest absolute Gasteiger partial charge is 0.407 e. The molecule has 3 atom stereocenters. The van der Waals surface area contributed by atoms with Crippen LogP contribution in [0.3, 0.4) is 0 Å². The number of carbonyl (C=O) groups is 2. The highest BCUT2D eigenvalue weighted by Gasteiger charge is 2.21. The second-order valence-corrected chi connectivity index (χ2v) is 15.4. The standard InChI is InChI=1S/2C17H17Cl2NO3.C9H11Cl2NO/c2*1-2-15(13-8-12(18)9-14(19)16(13)21)20-17(22)23-10-11-6-4-3-5-7-11;1-2-8(12)6-3-5(10)4-7(11)9(6)13/h2*3-9,15,21H,2,10H2,1H3,(H,20,22);3-4,8,13H,2,12H2,1H3/t15-;;8-/m0.0/s1. The second-order valence-electron chi connectivity index (χ2n) is 12.8. The maximum Gasteiger partial charge on any atom is 0.407 e. The molecule has 0 saturated carbocycles. The van der Waals surface area contributed by atoms with Crippen molar-refractivity contribution in [2.75, 3.05) is 0 Å². The highest BCUT2D eigenvalue weighted by molar-refractivity contribution is 6.36. The fourth-order valence-corrected chi connectivity index (χ4v) is 6.93. The molecule has 0 heterocycles. The van der Waals surface area contributed by atoms with Crippen LogP contribution in [0.2, 0.25) is 30.1 Å². The third-order valence-corrected chi connectivity index (χ3v) is 10.1. The summed E-state index contributed by atoms with van der Waals surface area (Å²) >= 11 is 35.3. The van der Waals surface area contributed by atoms with Crippen LogP contribution in [-0.2, 0) is 22.7 Å². The van der Waals surface area contributed by atoms with Gasteiger partial charge in [-0.2, -0.15) is 0 Å². The normalized spacial score (nSPS) is 12.0. The summed E-state index contributed by atoms with van der Waals surface area (Å²) in [4.78, 5) is 23.9. The van der Waals surface area contributed by atoms with Crippen molar-refractivity contribution in [3.8, 4) is 17.2 Å². The molecule has 0 aliphatic heterocycles. The number of phenols is 3. The average Bonchev–Trinajstić information content (AvgIpc) is 3.22. The molecule has 0 bridgehead atoms. The molecule has 5 rings (SSSR count). The number of nitrogens with one attached hydrogen (secondary N) is 2. The van der Waals surface area contributed by atoms with Gasteiger partial charge in [-0.3, -0.25) is 0 Å². The minimum absolute atomic E-state index is 0.0282. The van der Waals surface area contributed by atoms with Crippen LogP contribution in [0.4, 0.5) is 9.59 Å². The Balaban J connectivity index is 0.000000246. The van der Waals surface area contributed by atoms with E-state index in [-0.39, 0.29) is 51.6 Å². The average molecular weight is 929 g/mol. The fraction of sp³-hybridized carbons (Fsp3) is 0.256. The number of alkyl carbamates (subject to hydrolysis) is 2. The van der Waals surface area contributed by atoms with Gasteiger partial charge in [0.1, 0.15) is 30.5 Å². The number of nitrogens with two attached hydrogens (primary N) is 1. The number of phenolic OH excluding ortho intramolecular Hbond substituents is 3. The number of rotatable bonds is 12. The Bertz CT molecular complexity index is 2010. The minimum atomic E-state index is -0.573. The molecule has 7 N–H and O–H groups in total. The largest absolute Gasteiger partial charge is 0.506 e. The highest BCUT2D eigenvalue weighted by Crippen LogP contribution is 2.38. The molecule has 0 fully saturated rings. The summed E-state index contributed by atoms with van der Waals surface area (Å²) in [6.45, 7) is 6.02. The van der Waals surface area contributed by atoms with Crippen molar-refractivity contribution in [3.63, 3.8) is 0 Å². The van der Waals surface area contributed by atoms with Gasteiger partial charge in [0.25, 0.3) is 0 Å². The first-order valence-corrected chi connectivity index (χ1v) is 20.6. The monoisotopic (exact) mass is 925 g/mol. The molecule has 2 amide bonds. The third-order valence-electron chi connectivity index (χ3n) is 8.59. The van der Waals surface area contributed by atoms with Gasteiger partial charge < -0.3 is 41.2 Å². The van der Waals surface area contributed by atoms with Crippen molar-refractivity contribution >= 4 is 81.8 Å². The number of aromatic hydroxyl groups is 3. The van der Waals surface area contributed by atoms with E-state index < -0.39 is 24.3 Å². The summed E-state index contributed by atoms with van der Waals surface area (Å²) in [6.07, 6.45) is 0.673. The van der Waals surface area contributed by atoms with Crippen molar-refractivity contribution in [1.29, 1.82) is 0 Å². The molecule has 0 saturated heterocycles. The first kappa shape index (κ1) is 49.1. The first-order valence-electron chi connectivity index (χ1n) is 18.3. The Morgan fingerprint density at radius 1 is 0.542 bits per heavy atom. The molecule has 5 aromatic rings. The number of benzene rings is 5. The molecule has 10 nitrogen and oxygen atoms in total. The number of carbonyl (C=O) groups excluding carboxylic acids is 2. The zero-order chi connectivity index (χ0) is 43.6. The topological polar surface area (TPSA) is 163 Å². The minimum Gasteiger partial charge on any atom is -0.506 e. The Morgan fingerprint density at radius 2 is 0.864 bits per heavy atom. The summed E-state index contributed by atoms with van der Waals surface area (Å²) in [5.41, 5.74) is 9.06. The molecule has 1 unspecified atom stereocenters. The molecule has 59 heavy (non-hydrogen) atoms. The summed E-state index contributed by atoms with van der Waals surface area (Å²) in [5.74, 6) is -0.155. The molecular formula is C43H45Cl6N3O7. The molecule has 5 aromatic carbocycles. The van der Waals surface area contributed by atoms with Crippen LogP contribution in [0.1, 0.15) is 86.0 Å². The van der Waals surface area contributed by atoms with Crippen LogP contribution < -0.4 is 16.4 Å². The van der Waals surface area contributed by atoms with E-state index in [1.54, 1.807) is 18.2 Å². The third kappa shape index (κ3) is 15.7. The van der Waals surface area contributed by atoms with Crippen molar-refractivity contribution in [1.82, 2.24) is 10.6 Å². The maximum atomic E-state index is 12.0. The van der Waals surface area contributed by atoms with Gasteiger partial charge in [-0.05, 0) is 66.8 Å². The number of ether oxygens (including phenoxy) is 2. The van der Waals surface area contributed by atoms with Gasteiger partial charge in [0.2, 0.25) is 0 Å². The zero-order valence-electron chi connectivity index (χ0n) is 32.3. The quantitative estimate of drug-likeness (QED) is 0.0720. The summed E-state index contributed by atoms with van der Waals surface area (Å²) in [5, 5.41) is 36.9. The molecule has 316 valence electrons.